The van der Waals surface area contributed by atoms with Crippen LogP contribution in [0.4, 0.5) is 0 Å². The summed E-state index contributed by atoms with van der Waals surface area (Å²) in [5, 5.41) is 0. The van der Waals surface area contributed by atoms with Crippen molar-refractivity contribution < 1.29 is 9.53 Å². The van der Waals surface area contributed by atoms with Crippen LogP contribution in [0, 0.1) is 0 Å². The molecule has 2 aliphatic heterocycles. The molecule has 1 fully saturated rings. The molecule has 1 aromatic carbocycles. The molecule has 1 amide bonds. The van der Waals surface area contributed by atoms with Crippen LogP contribution in [0.5, 0.6) is 5.75 Å². The van der Waals surface area contributed by atoms with Gasteiger partial charge in [-0.2, -0.15) is 0 Å². The van der Waals surface area contributed by atoms with Crippen LogP contribution in [0.15, 0.2) is 52.2 Å². The highest BCUT2D eigenvalue weighted by Crippen LogP contribution is 2.36. The average Bonchev–Trinajstić information content (AvgIpc) is 2.90. The van der Waals surface area contributed by atoms with E-state index in [9.17, 15) is 14.4 Å². The van der Waals surface area contributed by atoms with Gasteiger partial charge in [-0.3, -0.25) is 14.6 Å². The normalized spacial score (nSPS) is 21.1. The number of benzene rings is 1. The van der Waals surface area contributed by atoms with E-state index in [2.05, 4.69) is 17.1 Å². The molecule has 146 valence electrons. The number of ether oxygens (including phenoxy) is 1. The smallest absolute Gasteiger partial charge is 0.328 e. The van der Waals surface area contributed by atoms with E-state index in [1.807, 2.05) is 29.2 Å². The molecule has 1 spiro atoms. The summed E-state index contributed by atoms with van der Waals surface area (Å²) in [6, 6.07) is 9.26. The summed E-state index contributed by atoms with van der Waals surface area (Å²) in [7, 11) is 0. The number of hydrogen-bond donors (Lipinski definition) is 1. The van der Waals surface area contributed by atoms with Gasteiger partial charge in [-0.25, -0.2) is 4.79 Å². The zero-order valence-corrected chi connectivity index (χ0v) is 15.6. The number of nitrogens with one attached hydrogen (secondary N) is 1. The Morgan fingerprint density at radius 1 is 1.14 bits per heavy atom. The van der Waals surface area contributed by atoms with E-state index in [0.717, 1.165) is 30.6 Å². The van der Waals surface area contributed by atoms with Gasteiger partial charge in [0.25, 0.3) is 5.56 Å². The van der Waals surface area contributed by atoms with Crippen LogP contribution in [0.3, 0.4) is 0 Å². The molecule has 7 heteroatoms. The van der Waals surface area contributed by atoms with Gasteiger partial charge in [-0.1, -0.05) is 24.3 Å². The lowest BCUT2D eigenvalue weighted by molar-refractivity contribution is -0.131. The van der Waals surface area contributed by atoms with E-state index in [0.29, 0.717) is 13.1 Å². The fourth-order valence-corrected chi connectivity index (χ4v) is 3.85. The summed E-state index contributed by atoms with van der Waals surface area (Å²) in [5.74, 6) is 0.901. The second kappa shape index (κ2) is 7.50. The monoisotopic (exact) mass is 381 g/mol. The summed E-state index contributed by atoms with van der Waals surface area (Å²) in [6.07, 6.45) is 8.34. The molecule has 0 aliphatic carbocycles. The van der Waals surface area contributed by atoms with Crippen molar-refractivity contribution >= 4 is 12.0 Å². The lowest BCUT2D eigenvalue weighted by atomic mass is 9.91. The largest absolute Gasteiger partial charge is 0.483 e. The van der Waals surface area contributed by atoms with Crippen molar-refractivity contribution in [3.63, 3.8) is 0 Å². The van der Waals surface area contributed by atoms with Gasteiger partial charge in [-0.05, 0) is 25.0 Å². The Labute approximate surface area is 162 Å². The Bertz CT molecular complexity index is 1020. The number of carbonyl (C=O) groups is 1. The molecule has 0 saturated carbocycles. The van der Waals surface area contributed by atoms with E-state index in [4.69, 9.17) is 4.74 Å². The Balaban J connectivity index is 1.38. The highest BCUT2D eigenvalue weighted by Gasteiger charge is 2.35. The molecular formula is C21H23N3O4. The first-order chi connectivity index (χ1) is 13.5. The van der Waals surface area contributed by atoms with Crippen LogP contribution in [0.1, 0.15) is 31.2 Å². The SMILES string of the molecule is O=C(CCn1ccc(=O)[nH]c1=O)N1CCC[C@@]2(C=Cc3ccccc3O2)CC1. The van der Waals surface area contributed by atoms with Gasteiger partial charge < -0.3 is 14.2 Å². The van der Waals surface area contributed by atoms with Crippen molar-refractivity contribution in [3.05, 3.63) is 69.0 Å². The first kappa shape index (κ1) is 18.3. The molecule has 3 heterocycles. The summed E-state index contributed by atoms with van der Waals surface area (Å²) in [5.41, 5.74) is -0.210. The number of rotatable bonds is 3. The molecule has 28 heavy (non-hydrogen) atoms. The molecule has 7 nitrogen and oxygen atoms in total. The maximum atomic E-state index is 12.7. The number of para-hydroxylation sites is 1. The van der Waals surface area contributed by atoms with Crippen molar-refractivity contribution in [2.75, 3.05) is 13.1 Å². The number of aromatic amines is 1. The third kappa shape index (κ3) is 3.78. The quantitative estimate of drug-likeness (QED) is 0.878. The first-order valence-electron chi connectivity index (χ1n) is 9.60. The summed E-state index contributed by atoms with van der Waals surface area (Å²) in [4.78, 5) is 39.6. The number of amides is 1. The highest BCUT2D eigenvalue weighted by molar-refractivity contribution is 5.76. The van der Waals surface area contributed by atoms with Crippen molar-refractivity contribution in [1.29, 1.82) is 0 Å². The van der Waals surface area contributed by atoms with E-state index in [1.54, 1.807) is 0 Å². The van der Waals surface area contributed by atoms with Gasteiger partial charge in [0.2, 0.25) is 5.91 Å². The number of H-pyrrole nitrogens is 1. The summed E-state index contributed by atoms with van der Waals surface area (Å²) >= 11 is 0. The molecule has 0 bridgehead atoms. The molecule has 1 saturated heterocycles. The third-order valence-corrected chi connectivity index (χ3v) is 5.45. The predicted octanol–water partition coefficient (Wildman–Crippen LogP) is 1.78. The number of fused-ring (bicyclic) bond motifs is 1. The second-order valence-electron chi connectivity index (χ2n) is 7.33. The Morgan fingerprint density at radius 2 is 2.00 bits per heavy atom. The van der Waals surface area contributed by atoms with Gasteiger partial charge in [-0.15, -0.1) is 0 Å². The van der Waals surface area contributed by atoms with E-state index in [1.165, 1.54) is 16.8 Å². The molecule has 4 rings (SSSR count). The number of nitrogens with zero attached hydrogens (tertiary/aromatic N) is 2. The highest BCUT2D eigenvalue weighted by atomic mass is 16.5. The summed E-state index contributed by atoms with van der Waals surface area (Å²) in [6.45, 7) is 1.55. The minimum atomic E-state index is -0.491. The van der Waals surface area contributed by atoms with Crippen molar-refractivity contribution in [3.8, 4) is 5.75 Å². The van der Waals surface area contributed by atoms with Gasteiger partial charge >= 0.3 is 5.69 Å². The topological polar surface area (TPSA) is 84.4 Å². The fourth-order valence-electron chi connectivity index (χ4n) is 3.85. The van der Waals surface area contributed by atoms with Gasteiger partial charge in [0, 0.05) is 50.3 Å². The van der Waals surface area contributed by atoms with Crippen molar-refractivity contribution in [1.82, 2.24) is 14.5 Å². The summed E-state index contributed by atoms with van der Waals surface area (Å²) < 4.78 is 7.67. The molecule has 1 aromatic heterocycles. The maximum absolute atomic E-state index is 12.7. The number of aryl methyl sites for hydroxylation is 1. The van der Waals surface area contributed by atoms with Crippen LogP contribution in [-0.4, -0.2) is 39.0 Å². The van der Waals surface area contributed by atoms with Crippen LogP contribution in [0.2, 0.25) is 0 Å². The Kier molecular flexibility index (Phi) is 4.90. The Hall–Kier alpha value is -3.09. The number of likely N-dealkylation sites (tertiary alicyclic amines) is 1. The molecule has 1 N–H and O–H groups in total. The maximum Gasteiger partial charge on any atom is 0.328 e. The van der Waals surface area contributed by atoms with Crippen LogP contribution >= 0.6 is 0 Å². The van der Waals surface area contributed by atoms with E-state index < -0.39 is 11.2 Å². The van der Waals surface area contributed by atoms with Gasteiger partial charge in [0.15, 0.2) is 0 Å². The molecule has 2 aromatic rings. The second-order valence-corrected chi connectivity index (χ2v) is 7.33. The van der Waals surface area contributed by atoms with Crippen molar-refractivity contribution in [2.45, 2.75) is 37.8 Å². The van der Waals surface area contributed by atoms with Crippen molar-refractivity contribution in [2.24, 2.45) is 0 Å². The Morgan fingerprint density at radius 3 is 2.86 bits per heavy atom. The van der Waals surface area contributed by atoms with Crippen LogP contribution in [0.25, 0.3) is 6.08 Å². The predicted molar refractivity (Wildman–Crippen MR) is 105 cm³/mol. The van der Waals surface area contributed by atoms with E-state index in [-0.39, 0.29) is 24.5 Å². The molecular weight excluding hydrogens is 358 g/mol. The molecule has 0 unspecified atom stereocenters. The van der Waals surface area contributed by atoms with Gasteiger partial charge in [0.1, 0.15) is 11.4 Å². The number of carbonyl (C=O) groups excluding carboxylic acids is 1. The standard InChI is InChI=1S/C21H23N3O4/c25-18-7-13-24(20(27)22-18)14-8-19(26)23-12-3-9-21(11-15-23)10-6-16-4-1-2-5-17(16)28-21/h1-2,4-7,10,13H,3,8-9,11-12,14-15H2,(H,22,25,27)/t21-/m1/s1. The lowest BCUT2D eigenvalue weighted by Gasteiger charge is -2.34. The molecule has 0 radical (unpaired) electrons. The van der Waals surface area contributed by atoms with Gasteiger partial charge in [0.05, 0.1) is 0 Å². The minimum Gasteiger partial charge on any atom is -0.483 e. The minimum absolute atomic E-state index is 0.00957. The zero-order chi connectivity index (χ0) is 19.6. The van der Waals surface area contributed by atoms with Crippen LogP contribution < -0.4 is 16.0 Å². The van der Waals surface area contributed by atoms with Crippen LogP contribution in [-0.2, 0) is 11.3 Å². The molecule has 1 atom stereocenters. The fraction of sp³-hybridized carbons (Fsp3) is 0.381. The number of aromatic nitrogens is 2. The lowest BCUT2D eigenvalue weighted by Crippen LogP contribution is -2.38. The third-order valence-electron chi connectivity index (χ3n) is 5.45. The molecule has 2 aliphatic rings. The first-order valence-corrected chi connectivity index (χ1v) is 9.60. The van der Waals surface area contributed by atoms with E-state index >= 15 is 0 Å². The average molecular weight is 381 g/mol. The number of hydrogen-bond acceptors (Lipinski definition) is 4. The zero-order valence-electron chi connectivity index (χ0n) is 15.6.